The van der Waals surface area contributed by atoms with Gasteiger partial charge in [0.05, 0.1) is 6.26 Å². The summed E-state index contributed by atoms with van der Waals surface area (Å²) in [5.41, 5.74) is 0.561. The Morgan fingerprint density at radius 1 is 1.38 bits per heavy atom. The highest BCUT2D eigenvalue weighted by Gasteiger charge is 2.43. The van der Waals surface area contributed by atoms with Crippen LogP contribution in [0.1, 0.15) is 23.6 Å². The van der Waals surface area contributed by atoms with E-state index in [1.54, 1.807) is 24.3 Å². The Kier molecular flexibility index (Phi) is 4.89. The van der Waals surface area contributed by atoms with Gasteiger partial charge in [-0.15, -0.1) is 11.8 Å². The molecule has 2 heterocycles. The SMILES string of the molecule is CC(=O)N1[C@@H](C(=O)OCc2cccc(F)c2)CS[C@@H]1c1ccco1. The zero-order valence-electron chi connectivity index (χ0n) is 13.0. The first-order valence-corrected chi connectivity index (χ1v) is 8.46. The van der Waals surface area contributed by atoms with Crippen molar-refractivity contribution < 1.29 is 23.1 Å². The number of hydrogen-bond donors (Lipinski definition) is 0. The van der Waals surface area contributed by atoms with Gasteiger partial charge in [0.1, 0.15) is 29.6 Å². The summed E-state index contributed by atoms with van der Waals surface area (Å²) >= 11 is 1.45. The van der Waals surface area contributed by atoms with Crippen molar-refractivity contribution in [3.63, 3.8) is 0 Å². The first-order valence-electron chi connectivity index (χ1n) is 7.41. The number of carbonyl (C=O) groups is 2. The number of benzene rings is 1. The fourth-order valence-corrected chi connectivity index (χ4v) is 4.02. The molecule has 2 atom stereocenters. The standard InChI is InChI=1S/C17H16FNO4S/c1-11(20)19-14(10-24-16(19)15-6-3-7-22-15)17(21)23-9-12-4-2-5-13(18)8-12/h2-8,14,16H,9-10H2,1H3/t14-,16-/m1/s1. The van der Waals surface area contributed by atoms with Gasteiger partial charge in [-0.25, -0.2) is 9.18 Å². The van der Waals surface area contributed by atoms with Gasteiger partial charge >= 0.3 is 5.97 Å². The van der Waals surface area contributed by atoms with Crippen molar-refractivity contribution in [1.82, 2.24) is 4.90 Å². The third-order valence-electron chi connectivity index (χ3n) is 3.69. The van der Waals surface area contributed by atoms with Gasteiger partial charge in [0.25, 0.3) is 0 Å². The number of carbonyl (C=O) groups excluding carboxylic acids is 2. The molecule has 126 valence electrons. The highest BCUT2D eigenvalue weighted by molar-refractivity contribution is 7.99. The Morgan fingerprint density at radius 3 is 2.88 bits per heavy atom. The third kappa shape index (κ3) is 3.46. The summed E-state index contributed by atoms with van der Waals surface area (Å²) in [7, 11) is 0. The van der Waals surface area contributed by atoms with Crippen LogP contribution < -0.4 is 0 Å². The summed E-state index contributed by atoms with van der Waals surface area (Å²) < 4.78 is 23.8. The zero-order valence-corrected chi connectivity index (χ0v) is 13.8. The Morgan fingerprint density at radius 2 is 2.21 bits per heavy atom. The van der Waals surface area contributed by atoms with Crippen LogP contribution in [-0.4, -0.2) is 28.6 Å². The number of furan rings is 1. The van der Waals surface area contributed by atoms with E-state index in [2.05, 4.69) is 0 Å². The quantitative estimate of drug-likeness (QED) is 0.794. The molecule has 3 rings (SSSR count). The summed E-state index contributed by atoms with van der Waals surface area (Å²) in [6.07, 6.45) is 1.53. The Balaban J connectivity index is 1.68. The summed E-state index contributed by atoms with van der Waals surface area (Å²) in [5.74, 6) is -0.0728. The Labute approximate surface area is 142 Å². The van der Waals surface area contributed by atoms with Gasteiger partial charge < -0.3 is 14.1 Å². The third-order valence-corrected chi connectivity index (χ3v) is 4.98. The first-order chi connectivity index (χ1) is 11.6. The van der Waals surface area contributed by atoms with E-state index in [0.717, 1.165) is 0 Å². The van der Waals surface area contributed by atoms with Gasteiger partial charge in [-0.05, 0) is 29.8 Å². The number of hydrogen-bond acceptors (Lipinski definition) is 5. The maximum atomic E-state index is 13.2. The zero-order chi connectivity index (χ0) is 17.1. The summed E-state index contributed by atoms with van der Waals surface area (Å²) in [5, 5.41) is -0.343. The van der Waals surface area contributed by atoms with Crippen molar-refractivity contribution in [3.8, 4) is 0 Å². The van der Waals surface area contributed by atoms with Crippen LogP contribution >= 0.6 is 11.8 Å². The first kappa shape index (κ1) is 16.6. The molecule has 1 saturated heterocycles. The minimum atomic E-state index is -0.684. The predicted molar refractivity (Wildman–Crippen MR) is 86.4 cm³/mol. The van der Waals surface area contributed by atoms with E-state index in [1.165, 1.54) is 42.0 Å². The molecular weight excluding hydrogens is 333 g/mol. The average Bonchev–Trinajstić information content (AvgIpc) is 3.21. The smallest absolute Gasteiger partial charge is 0.330 e. The fourth-order valence-electron chi connectivity index (χ4n) is 2.60. The number of rotatable bonds is 4. The van der Waals surface area contributed by atoms with Crippen molar-refractivity contribution in [3.05, 3.63) is 59.8 Å². The van der Waals surface area contributed by atoms with Crippen molar-refractivity contribution in [2.45, 2.75) is 24.9 Å². The molecule has 0 N–H and O–H groups in total. The second-order valence-electron chi connectivity index (χ2n) is 5.38. The van der Waals surface area contributed by atoms with Crippen LogP contribution in [0.15, 0.2) is 47.1 Å². The lowest BCUT2D eigenvalue weighted by Crippen LogP contribution is -2.42. The molecule has 7 heteroatoms. The predicted octanol–water partition coefficient (Wildman–Crippen LogP) is 3.12. The molecule has 2 aromatic rings. The molecule has 0 saturated carbocycles. The molecule has 0 spiro atoms. The second kappa shape index (κ2) is 7.09. The van der Waals surface area contributed by atoms with Gasteiger partial charge in [0, 0.05) is 12.7 Å². The molecule has 0 bridgehead atoms. The second-order valence-corrected chi connectivity index (χ2v) is 6.49. The van der Waals surface area contributed by atoms with Crippen LogP contribution in [0.4, 0.5) is 4.39 Å². The largest absolute Gasteiger partial charge is 0.466 e. The van der Waals surface area contributed by atoms with Gasteiger partial charge in [-0.3, -0.25) is 4.79 Å². The number of amides is 1. The van der Waals surface area contributed by atoms with E-state index in [0.29, 0.717) is 17.1 Å². The van der Waals surface area contributed by atoms with Gasteiger partial charge in [0.2, 0.25) is 5.91 Å². The van der Waals surface area contributed by atoms with Crippen molar-refractivity contribution in [2.24, 2.45) is 0 Å². The number of thioether (sulfide) groups is 1. The molecule has 0 radical (unpaired) electrons. The van der Waals surface area contributed by atoms with E-state index < -0.39 is 12.0 Å². The molecule has 1 amide bonds. The van der Waals surface area contributed by atoms with Crippen LogP contribution in [0.25, 0.3) is 0 Å². The molecule has 0 unspecified atom stereocenters. The van der Waals surface area contributed by atoms with E-state index in [1.807, 2.05) is 0 Å². The van der Waals surface area contributed by atoms with E-state index in [-0.39, 0.29) is 23.7 Å². The maximum Gasteiger partial charge on any atom is 0.330 e. The maximum absolute atomic E-state index is 13.2. The van der Waals surface area contributed by atoms with E-state index >= 15 is 0 Å². The molecule has 1 aliphatic rings. The fraction of sp³-hybridized carbons (Fsp3) is 0.294. The molecular formula is C17H16FNO4S. The van der Waals surface area contributed by atoms with Crippen LogP contribution in [0.3, 0.4) is 0 Å². The van der Waals surface area contributed by atoms with E-state index in [9.17, 15) is 14.0 Å². The average molecular weight is 349 g/mol. The van der Waals surface area contributed by atoms with Crippen molar-refractivity contribution in [1.29, 1.82) is 0 Å². The molecule has 0 aliphatic carbocycles. The number of esters is 1. The molecule has 5 nitrogen and oxygen atoms in total. The highest BCUT2D eigenvalue weighted by Crippen LogP contribution is 2.41. The lowest BCUT2D eigenvalue weighted by molar-refractivity contribution is -0.154. The summed E-state index contributed by atoms with van der Waals surface area (Å²) in [6, 6.07) is 8.69. The van der Waals surface area contributed by atoms with Crippen LogP contribution in [0, 0.1) is 5.82 Å². The van der Waals surface area contributed by atoms with Crippen LogP contribution in [-0.2, 0) is 20.9 Å². The molecule has 1 aromatic carbocycles. The van der Waals surface area contributed by atoms with Gasteiger partial charge in [-0.1, -0.05) is 12.1 Å². The van der Waals surface area contributed by atoms with Crippen LogP contribution in [0.5, 0.6) is 0 Å². The van der Waals surface area contributed by atoms with Gasteiger partial charge in [0.15, 0.2) is 0 Å². The van der Waals surface area contributed by atoms with Crippen LogP contribution in [0.2, 0.25) is 0 Å². The highest BCUT2D eigenvalue weighted by atomic mass is 32.2. The monoisotopic (exact) mass is 349 g/mol. The topological polar surface area (TPSA) is 59.8 Å². The Hall–Kier alpha value is -2.28. The molecule has 1 fully saturated rings. The summed E-state index contributed by atoms with van der Waals surface area (Å²) in [6.45, 7) is 1.38. The van der Waals surface area contributed by atoms with Gasteiger partial charge in [-0.2, -0.15) is 0 Å². The molecule has 24 heavy (non-hydrogen) atoms. The van der Waals surface area contributed by atoms with Crippen molar-refractivity contribution >= 4 is 23.6 Å². The number of nitrogens with zero attached hydrogens (tertiary/aromatic N) is 1. The minimum absolute atomic E-state index is 0.0328. The lowest BCUT2D eigenvalue weighted by Gasteiger charge is -2.25. The Bertz CT molecular complexity index is 734. The van der Waals surface area contributed by atoms with Crippen molar-refractivity contribution in [2.75, 3.05) is 5.75 Å². The van der Waals surface area contributed by atoms with E-state index in [4.69, 9.17) is 9.15 Å². The normalized spacial score (nSPS) is 20.2. The molecule has 1 aromatic heterocycles. The minimum Gasteiger partial charge on any atom is -0.466 e. The summed E-state index contributed by atoms with van der Waals surface area (Å²) in [4.78, 5) is 25.8. The number of ether oxygens (including phenoxy) is 1. The lowest BCUT2D eigenvalue weighted by atomic mass is 10.2. The molecule has 1 aliphatic heterocycles. The number of halogens is 1.